The first-order chi connectivity index (χ1) is 4.20. The first kappa shape index (κ1) is 7.34. The quantitative estimate of drug-likeness (QED) is 0.578. The zero-order valence-corrected chi connectivity index (χ0v) is 8.31. The SMILES string of the molecule is Nc1cc(I)ccc1Br. The Balaban J connectivity index is 3.17. The molecule has 1 nitrogen and oxygen atoms in total. The fraction of sp³-hybridized carbons (Fsp3) is 0. The number of rotatable bonds is 0. The van der Waals surface area contributed by atoms with Gasteiger partial charge in [-0.25, -0.2) is 0 Å². The summed E-state index contributed by atoms with van der Waals surface area (Å²) < 4.78 is 2.12. The van der Waals surface area contributed by atoms with Gasteiger partial charge in [-0.3, -0.25) is 0 Å². The van der Waals surface area contributed by atoms with E-state index in [-0.39, 0.29) is 0 Å². The van der Waals surface area contributed by atoms with E-state index in [1.807, 2.05) is 18.2 Å². The molecule has 48 valence electrons. The molecule has 1 rings (SSSR count). The average molecular weight is 298 g/mol. The van der Waals surface area contributed by atoms with E-state index in [1.165, 1.54) is 0 Å². The highest BCUT2D eigenvalue weighted by Gasteiger charge is 1.92. The van der Waals surface area contributed by atoms with E-state index in [9.17, 15) is 0 Å². The van der Waals surface area contributed by atoms with Gasteiger partial charge in [0.25, 0.3) is 0 Å². The Morgan fingerprint density at radius 2 is 2.11 bits per heavy atom. The summed E-state index contributed by atoms with van der Waals surface area (Å²) >= 11 is 5.52. The Morgan fingerprint density at radius 1 is 1.44 bits per heavy atom. The summed E-state index contributed by atoms with van der Waals surface area (Å²) in [6.45, 7) is 0. The van der Waals surface area contributed by atoms with E-state index in [0.717, 1.165) is 13.7 Å². The van der Waals surface area contributed by atoms with E-state index in [1.54, 1.807) is 0 Å². The maximum Gasteiger partial charge on any atom is 0.0469 e. The van der Waals surface area contributed by atoms with Gasteiger partial charge in [0.05, 0.1) is 0 Å². The van der Waals surface area contributed by atoms with Crippen LogP contribution in [0.1, 0.15) is 0 Å². The number of hydrogen-bond acceptors (Lipinski definition) is 1. The topological polar surface area (TPSA) is 26.0 Å². The highest BCUT2D eigenvalue weighted by Crippen LogP contribution is 2.20. The molecule has 0 saturated carbocycles. The van der Waals surface area contributed by atoms with Crippen LogP contribution in [0.25, 0.3) is 0 Å². The van der Waals surface area contributed by atoms with Crippen LogP contribution in [0.4, 0.5) is 5.69 Å². The van der Waals surface area contributed by atoms with Crippen LogP contribution in [0, 0.1) is 3.57 Å². The lowest BCUT2D eigenvalue weighted by atomic mass is 10.3. The van der Waals surface area contributed by atoms with Crippen molar-refractivity contribution in [2.24, 2.45) is 0 Å². The second-order valence-corrected chi connectivity index (χ2v) is 3.77. The molecular weight excluding hydrogens is 293 g/mol. The molecule has 0 bridgehead atoms. The molecule has 2 N–H and O–H groups in total. The van der Waals surface area contributed by atoms with Gasteiger partial charge >= 0.3 is 0 Å². The largest absolute Gasteiger partial charge is 0.398 e. The number of halogens is 2. The molecular formula is C6H5BrIN. The molecule has 3 heteroatoms. The van der Waals surface area contributed by atoms with Crippen LogP contribution in [0.2, 0.25) is 0 Å². The van der Waals surface area contributed by atoms with Crippen molar-refractivity contribution in [3.63, 3.8) is 0 Å². The summed E-state index contributed by atoms with van der Waals surface area (Å²) in [5, 5.41) is 0. The molecule has 0 aliphatic rings. The lowest BCUT2D eigenvalue weighted by Gasteiger charge is -1.95. The van der Waals surface area contributed by atoms with Gasteiger partial charge in [-0.15, -0.1) is 0 Å². The van der Waals surface area contributed by atoms with Crippen molar-refractivity contribution in [3.8, 4) is 0 Å². The summed E-state index contributed by atoms with van der Waals surface area (Å²) in [6.07, 6.45) is 0. The van der Waals surface area contributed by atoms with E-state index < -0.39 is 0 Å². The standard InChI is InChI=1S/C6H5BrIN/c7-5-2-1-4(8)3-6(5)9/h1-3H,9H2. The third kappa shape index (κ3) is 1.82. The van der Waals surface area contributed by atoms with E-state index in [0.29, 0.717) is 0 Å². The van der Waals surface area contributed by atoms with E-state index >= 15 is 0 Å². The number of nitrogens with two attached hydrogens (primary N) is 1. The first-order valence-electron chi connectivity index (χ1n) is 2.40. The molecule has 0 saturated heterocycles. The summed E-state index contributed by atoms with van der Waals surface area (Å²) in [7, 11) is 0. The van der Waals surface area contributed by atoms with Crippen molar-refractivity contribution in [3.05, 3.63) is 26.2 Å². The summed E-state index contributed by atoms with van der Waals surface area (Å²) in [5.74, 6) is 0. The van der Waals surface area contributed by atoms with Crippen molar-refractivity contribution in [2.75, 3.05) is 5.73 Å². The minimum Gasteiger partial charge on any atom is -0.398 e. The second kappa shape index (κ2) is 2.88. The van der Waals surface area contributed by atoms with Gasteiger partial charge in [-0.1, -0.05) is 0 Å². The molecule has 0 amide bonds. The Kier molecular flexibility index (Phi) is 2.35. The Bertz CT molecular complexity index is 224. The molecule has 0 aliphatic heterocycles. The summed E-state index contributed by atoms with van der Waals surface area (Å²) in [5.41, 5.74) is 6.36. The van der Waals surface area contributed by atoms with Crippen molar-refractivity contribution in [1.29, 1.82) is 0 Å². The third-order valence-electron chi connectivity index (χ3n) is 0.958. The number of hydrogen-bond donors (Lipinski definition) is 1. The average Bonchev–Trinajstić information content (AvgIpc) is 1.80. The maximum absolute atomic E-state index is 5.57. The van der Waals surface area contributed by atoms with Crippen LogP contribution >= 0.6 is 38.5 Å². The molecule has 0 radical (unpaired) electrons. The monoisotopic (exact) mass is 297 g/mol. The number of anilines is 1. The predicted molar refractivity (Wildman–Crippen MR) is 51.3 cm³/mol. The molecule has 0 fully saturated rings. The van der Waals surface area contributed by atoms with Gasteiger partial charge in [0.1, 0.15) is 0 Å². The van der Waals surface area contributed by atoms with Crippen molar-refractivity contribution in [1.82, 2.24) is 0 Å². The molecule has 9 heavy (non-hydrogen) atoms. The van der Waals surface area contributed by atoms with Crippen molar-refractivity contribution in [2.45, 2.75) is 0 Å². The zero-order valence-electron chi connectivity index (χ0n) is 4.57. The van der Waals surface area contributed by atoms with E-state index in [4.69, 9.17) is 5.73 Å². The molecule has 0 aliphatic carbocycles. The smallest absolute Gasteiger partial charge is 0.0469 e. The molecule has 0 spiro atoms. The van der Waals surface area contributed by atoms with Gasteiger partial charge in [-0.05, 0) is 56.7 Å². The Morgan fingerprint density at radius 3 is 2.56 bits per heavy atom. The summed E-state index contributed by atoms with van der Waals surface area (Å²) in [6, 6.07) is 5.86. The molecule has 0 aromatic heterocycles. The van der Waals surface area contributed by atoms with Gasteiger partial charge < -0.3 is 5.73 Å². The third-order valence-corrected chi connectivity index (χ3v) is 2.35. The van der Waals surface area contributed by atoms with Gasteiger partial charge in [0.15, 0.2) is 0 Å². The predicted octanol–water partition coefficient (Wildman–Crippen LogP) is 2.64. The van der Waals surface area contributed by atoms with Crippen LogP contribution < -0.4 is 5.73 Å². The first-order valence-corrected chi connectivity index (χ1v) is 4.28. The zero-order chi connectivity index (χ0) is 6.85. The lowest BCUT2D eigenvalue weighted by molar-refractivity contribution is 1.59. The lowest BCUT2D eigenvalue weighted by Crippen LogP contribution is -1.85. The maximum atomic E-state index is 5.57. The van der Waals surface area contributed by atoms with Crippen LogP contribution in [0.3, 0.4) is 0 Å². The van der Waals surface area contributed by atoms with Crippen LogP contribution in [0.5, 0.6) is 0 Å². The highest BCUT2D eigenvalue weighted by molar-refractivity contribution is 14.1. The molecule has 0 unspecified atom stereocenters. The molecule has 0 atom stereocenters. The van der Waals surface area contributed by atoms with E-state index in [2.05, 4.69) is 38.5 Å². The highest BCUT2D eigenvalue weighted by atomic mass is 127. The van der Waals surface area contributed by atoms with Gasteiger partial charge in [0, 0.05) is 13.7 Å². The second-order valence-electron chi connectivity index (χ2n) is 1.67. The number of benzene rings is 1. The minimum atomic E-state index is 0.793. The Labute approximate surface area is 75.9 Å². The van der Waals surface area contributed by atoms with Gasteiger partial charge in [0.2, 0.25) is 0 Å². The minimum absolute atomic E-state index is 0.793. The summed E-state index contributed by atoms with van der Waals surface area (Å²) in [4.78, 5) is 0. The van der Waals surface area contributed by atoms with Crippen molar-refractivity contribution < 1.29 is 0 Å². The van der Waals surface area contributed by atoms with Crippen LogP contribution in [-0.4, -0.2) is 0 Å². The fourth-order valence-electron chi connectivity index (χ4n) is 0.515. The van der Waals surface area contributed by atoms with Crippen LogP contribution in [0.15, 0.2) is 22.7 Å². The molecule has 1 aromatic rings. The number of nitrogen functional groups attached to an aromatic ring is 1. The van der Waals surface area contributed by atoms with Gasteiger partial charge in [-0.2, -0.15) is 0 Å². The molecule has 1 aromatic carbocycles. The fourth-order valence-corrected chi connectivity index (χ4v) is 1.28. The van der Waals surface area contributed by atoms with Crippen molar-refractivity contribution >= 4 is 44.2 Å². The normalized spacial score (nSPS) is 9.56. The molecule has 0 heterocycles. The van der Waals surface area contributed by atoms with Crippen LogP contribution in [-0.2, 0) is 0 Å². The Hall–Kier alpha value is 0.230.